The van der Waals surface area contributed by atoms with Crippen LogP contribution < -0.4 is 10.6 Å². The third kappa shape index (κ3) is 4.43. The molecule has 0 saturated heterocycles. The fraction of sp³-hybridized carbons (Fsp3) is 0.118. The third-order valence-electron chi connectivity index (χ3n) is 3.43. The van der Waals surface area contributed by atoms with Gasteiger partial charge in [0, 0.05) is 11.2 Å². The third-order valence-corrected chi connectivity index (χ3v) is 4.04. The molecule has 3 aromatic rings. The number of nitrogens with zero attached hydrogens (tertiary/aromatic N) is 4. The molecule has 3 rings (SSSR count). The molecule has 0 spiro atoms. The topological polar surface area (TPSA) is 87.9 Å². The molecule has 0 amide bonds. The highest BCUT2D eigenvalue weighted by Gasteiger charge is 2.14. The zero-order chi connectivity index (χ0) is 18.5. The lowest BCUT2D eigenvalue weighted by atomic mass is 10.1. The second-order valence-corrected chi connectivity index (χ2v) is 6.13. The molecular weight excluding hydrogens is 375 g/mol. The van der Waals surface area contributed by atoms with E-state index in [-0.39, 0.29) is 6.61 Å². The van der Waals surface area contributed by atoms with Crippen LogP contribution >= 0.6 is 23.2 Å². The number of benzene rings is 1. The van der Waals surface area contributed by atoms with Crippen LogP contribution in [-0.2, 0) is 6.54 Å². The average Bonchev–Trinajstić information content (AvgIpc) is 3.05. The minimum absolute atomic E-state index is 0.0107. The van der Waals surface area contributed by atoms with Crippen LogP contribution in [0.3, 0.4) is 0 Å². The highest BCUT2D eigenvalue weighted by atomic mass is 35.5. The Bertz CT molecular complexity index is 885. The maximum absolute atomic E-state index is 8.94. The van der Waals surface area contributed by atoms with E-state index in [1.54, 1.807) is 23.1 Å². The largest absolute Gasteiger partial charge is 0.394 e. The maximum Gasteiger partial charge on any atom is 0.229 e. The summed E-state index contributed by atoms with van der Waals surface area (Å²) in [6.07, 6.45) is 4.84. The van der Waals surface area contributed by atoms with Gasteiger partial charge in [0.1, 0.15) is 5.02 Å². The molecule has 7 nitrogen and oxygen atoms in total. The molecular formula is C17H16Cl2N6O. The second-order valence-electron chi connectivity index (χ2n) is 5.31. The molecule has 0 atom stereocenters. The summed E-state index contributed by atoms with van der Waals surface area (Å²) >= 11 is 12.4. The smallest absolute Gasteiger partial charge is 0.229 e. The van der Waals surface area contributed by atoms with Crippen molar-refractivity contribution in [1.82, 2.24) is 19.7 Å². The zero-order valence-corrected chi connectivity index (χ0v) is 15.2. The van der Waals surface area contributed by atoms with Gasteiger partial charge in [0.2, 0.25) is 5.95 Å². The lowest BCUT2D eigenvalue weighted by molar-refractivity contribution is 0.269. The summed E-state index contributed by atoms with van der Waals surface area (Å²) in [6, 6.07) is 7.91. The van der Waals surface area contributed by atoms with Crippen LogP contribution in [0.15, 0.2) is 42.9 Å². The first-order chi connectivity index (χ1) is 12.6. The van der Waals surface area contributed by atoms with E-state index in [2.05, 4.69) is 32.6 Å². The van der Waals surface area contributed by atoms with Crippen LogP contribution in [0.25, 0.3) is 0 Å². The molecule has 9 heteroatoms. The Hall–Kier alpha value is -2.35. The SMILES string of the molecule is [CH2][C](Nc1nc(Nc2cnn(CCO)c2)ncc1Cl)c1ccccc1Cl. The van der Waals surface area contributed by atoms with Crippen molar-refractivity contribution in [1.29, 1.82) is 0 Å². The van der Waals surface area contributed by atoms with Gasteiger partial charge < -0.3 is 15.7 Å². The van der Waals surface area contributed by atoms with Gasteiger partial charge in [-0.05, 0) is 18.6 Å². The molecule has 1 aromatic carbocycles. The Morgan fingerprint density at radius 3 is 2.77 bits per heavy atom. The summed E-state index contributed by atoms with van der Waals surface area (Å²) in [5, 5.41) is 20.1. The molecule has 2 aromatic heterocycles. The van der Waals surface area contributed by atoms with Crippen molar-refractivity contribution in [3.05, 3.63) is 71.4 Å². The van der Waals surface area contributed by atoms with Gasteiger partial charge in [0.15, 0.2) is 5.82 Å². The lowest BCUT2D eigenvalue weighted by Gasteiger charge is -2.16. The summed E-state index contributed by atoms with van der Waals surface area (Å²) in [6.45, 7) is 4.41. The van der Waals surface area contributed by atoms with Crippen LogP contribution in [0.1, 0.15) is 5.56 Å². The van der Waals surface area contributed by atoms with Crippen molar-refractivity contribution < 1.29 is 5.11 Å². The van der Waals surface area contributed by atoms with Crippen molar-refractivity contribution in [2.75, 3.05) is 17.2 Å². The number of aromatic nitrogens is 4. The van der Waals surface area contributed by atoms with E-state index in [1.165, 1.54) is 6.20 Å². The van der Waals surface area contributed by atoms with E-state index >= 15 is 0 Å². The predicted molar refractivity (Wildman–Crippen MR) is 102 cm³/mol. The van der Waals surface area contributed by atoms with Gasteiger partial charge in [0.05, 0.1) is 37.3 Å². The first-order valence-electron chi connectivity index (χ1n) is 7.70. The molecule has 2 heterocycles. The van der Waals surface area contributed by atoms with Gasteiger partial charge in [-0.2, -0.15) is 10.1 Å². The van der Waals surface area contributed by atoms with Crippen molar-refractivity contribution in [3.8, 4) is 0 Å². The standard InChI is InChI=1S/C17H16Cl2N6O/c1-11(13-4-2-3-5-14(13)18)22-16-15(19)9-20-17(24-16)23-12-8-21-25(10-12)6-7-26/h2-5,8-10,26H,1,6-7H2,(H2,20,22,23,24). The normalized spacial score (nSPS) is 11.0. The minimum atomic E-state index is 0.0107. The van der Waals surface area contributed by atoms with Crippen molar-refractivity contribution in [2.24, 2.45) is 0 Å². The average molecular weight is 391 g/mol. The van der Waals surface area contributed by atoms with E-state index < -0.39 is 0 Å². The van der Waals surface area contributed by atoms with E-state index in [0.717, 1.165) is 5.56 Å². The van der Waals surface area contributed by atoms with Gasteiger partial charge in [-0.15, -0.1) is 0 Å². The molecule has 0 aliphatic carbocycles. The summed E-state index contributed by atoms with van der Waals surface area (Å²) in [5.41, 5.74) is 1.44. The van der Waals surface area contributed by atoms with Crippen molar-refractivity contribution >= 4 is 40.7 Å². The number of aliphatic hydroxyl groups is 1. The molecule has 0 unspecified atom stereocenters. The summed E-state index contributed by atoms with van der Waals surface area (Å²) < 4.78 is 1.61. The molecule has 0 fully saturated rings. The molecule has 2 radical (unpaired) electrons. The quantitative estimate of drug-likeness (QED) is 0.571. The Morgan fingerprint density at radius 2 is 2.00 bits per heavy atom. The molecule has 0 saturated carbocycles. The van der Waals surface area contributed by atoms with Crippen molar-refractivity contribution in [2.45, 2.75) is 6.54 Å². The first kappa shape index (κ1) is 18.4. The van der Waals surface area contributed by atoms with Gasteiger partial charge in [-0.1, -0.05) is 41.4 Å². The molecule has 3 N–H and O–H groups in total. The van der Waals surface area contributed by atoms with Crippen LogP contribution in [0.2, 0.25) is 10.0 Å². The second kappa shape index (κ2) is 8.35. The summed E-state index contributed by atoms with van der Waals surface area (Å²) in [5.74, 6) is 0.740. The number of rotatable bonds is 7. The monoisotopic (exact) mass is 390 g/mol. The number of anilines is 3. The summed E-state index contributed by atoms with van der Waals surface area (Å²) in [7, 11) is 0. The van der Waals surface area contributed by atoms with Crippen LogP contribution in [0.4, 0.5) is 17.5 Å². The van der Waals surface area contributed by atoms with Crippen LogP contribution in [-0.4, -0.2) is 31.5 Å². The van der Waals surface area contributed by atoms with Crippen molar-refractivity contribution in [3.63, 3.8) is 0 Å². The predicted octanol–water partition coefficient (Wildman–Crippen LogP) is 3.54. The molecule has 0 bridgehead atoms. The Labute approximate surface area is 161 Å². The minimum Gasteiger partial charge on any atom is -0.394 e. The highest BCUT2D eigenvalue weighted by molar-refractivity contribution is 6.33. The number of halogens is 2. The van der Waals surface area contributed by atoms with Crippen LogP contribution in [0, 0.1) is 13.0 Å². The van der Waals surface area contributed by atoms with Crippen LogP contribution in [0.5, 0.6) is 0 Å². The number of aliphatic hydroxyl groups excluding tert-OH is 1. The molecule has 134 valence electrons. The van der Waals surface area contributed by atoms with E-state index in [1.807, 2.05) is 18.2 Å². The van der Waals surface area contributed by atoms with E-state index in [9.17, 15) is 0 Å². The maximum atomic E-state index is 8.94. The van der Waals surface area contributed by atoms with Gasteiger partial charge >= 0.3 is 0 Å². The van der Waals surface area contributed by atoms with Gasteiger partial charge in [-0.25, -0.2) is 4.98 Å². The Kier molecular flexibility index (Phi) is 5.92. The molecule has 0 aliphatic heterocycles. The van der Waals surface area contributed by atoms with E-state index in [0.29, 0.717) is 40.1 Å². The fourth-order valence-corrected chi connectivity index (χ4v) is 2.60. The summed E-state index contributed by atoms with van der Waals surface area (Å²) in [4.78, 5) is 8.51. The molecule has 26 heavy (non-hydrogen) atoms. The number of hydrogen-bond donors (Lipinski definition) is 3. The number of hydrogen-bond acceptors (Lipinski definition) is 6. The van der Waals surface area contributed by atoms with Gasteiger partial charge in [-0.3, -0.25) is 4.68 Å². The Balaban J connectivity index is 1.75. The van der Waals surface area contributed by atoms with Gasteiger partial charge in [0.25, 0.3) is 0 Å². The number of nitrogens with one attached hydrogen (secondary N) is 2. The molecule has 0 aliphatic rings. The highest BCUT2D eigenvalue weighted by Crippen LogP contribution is 2.28. The Morgan fingerprint density at radius 1 is 1.19 bits per heavy atom. The zero-order valence-electron chi connectivity index (χ0n) is 13.7. The first-order valence-corrected chi connectivity index (χ1v) is 8.46. The van der Waals surface area contributed by atoms with E-state index in [4.69, 9.17) is 28.3 Å². The lowest BCUT2D eigenvalue weighted by Crippen LogP contribution is -2.11. The fourth-order valence-electron chi connectivity index (χ4n) is 2.21.